The summed E-state index contributed by atoms with van der Waals surface area (Å²) in [6.45, 7) is -0.107. The standard InChI is InChI=1S/C16H19O6P/c17-7-6-12(11-2-1-3-14(18)9-11)8-13-10-15(19)4-5-16(13)23(20,21)22/h1-5,9-10,12,17-19H,6-8H2,(H2,20,21,22). The van der Waals surface area contributed by atoms with E-state index in [1.54, 1.807) is 18.2 Å². The first kappa shape index (κ1) is 17.5. The molecule has 0 aliphatic carbocycles. The number of aromatic hydroxyl groups is 2. The Labute approximate surface area is 133 Å². The molecular weight excluding hydrogens is 319 g/mol. The number of hydrogen-bond donors (Lipinski definition) is 5. The minimum absolute atomic E-state index is 0.0801. The molecule has 0 radical (unpaired) electrons. The zero-order valence-electron chi connectivity index (χ0n) is 12.3. The second-order valence-corrected chi connectivity index (χ2v) is 6.94. The maximum atomic E-state index is 11.6. The highest BCUT2D eigenvalue weighted by atomic mass is 31.2. The maximum Gasteiger partial charge on any atom is 0.356 e. The van der Waals surface area contributed by atoms with Crippen molar-refractivity contribution >= 4 is 12.9 Å². The van der Waals surface area contributed by atoms with Crippen molar-refractivity contribution in [1.29, 1.82) is 0 Å². The largest absolute Gasteiger partial charge is 0.508 e. The topological polar surface area (TPSA) is 118 Å². The predicted molar refractivity (Wildman–Crippen MR) is 86.0 cm³/mol. The Bertz CT molecular complexity index is 724. The average molecular weight is 338 g/mol. The summed E-state index contributed by atoms with van der Waals surface area (Å²) in [7, 11) is -4.47. The van der Waals surface area contributed by atoms with E-state index in [0.717, 1.165) is 5.56 Å². The van der Waals surface area contributed by atoms with Gasteiger partial charge in [0.25, 0.3) is 0 Å². The van der Waals surface area contributed by atoms with Gasteiger partial charge in [0, 0.05) is 6.61 Å². The molecule has 7 heteroatoms. The summed E-state index contributed by atoms with van der Waals surface area (Å²) in [5, 5.41) is 28.3. The third kappa shape index (κ3) is 4.56. The molecule has 0 aliphatic rings. The highest BCUT2D eigenvalue weighted by Gasteiger charge is 2.24. The summed E-state index contributed by atoms with van der Waals surface area (Å²) >= 11 is 0. The van der Waals surface area contributed by atoms with Crippen molar-refractivity contribution in [3.05, 3.63) is 53.6 Å². The van der Waals surface area contributed by atoms with Crippen molar-refractivity contribution in [2.45, 2.75) is 18.8 Å². The van der Waals surface area contributed by atoms with Crippen molar-refractivity contribution in [3.63, 3.8) is 0 Å². The first-order valence-electron chi connectivity index (χ1n) is 7.09. The van der Waals surface area contributed by atoms with Crippen LogP contribution in [0.4, 0.5) is 0 Å². The molecule has 2 aromatic carbocycles. The highest BCUT2D eigenvalue weighted by molar-refractivity contribution is 7.60. The molecule has 0 aliphatic heterocycles. The van der Waals surface area contributed by atoms with E-state index in [9.17, 15) is 29.7 Å². The Morgan fingerprint density at radius 2 is 1.70 bits per heavy atom. The molecule has 5 N–H and O–H groups in total. The monoisotopic (exact) mass is 338 g/mol. The van der Waals surface area contributed by atoms with Crippen LogP contribution in [0.3, 0.4) is 0 Å². The van der Waals surface area contributed by atoms with Gasteiger partial charge in [-0.2, -0.15) is 0 Å². The zero-order chi connectivity index (χ0) is 17.0. The summed E-state index contributed by atoms with van der Waals surface area (Å²) < 4.78 is 11.6. The predicted octanol–water partition coefficient (Wildman–Crippen LogP) is 1.61. The fourth-order valence-electron chi connectivity index (χ4n) is 2.61. The van der Waals surface area contributed by atoms with Gasteiger partial charge in [-0.1, -0.05) is 12.1 Å². The summed E-state index contributed by atoms with van der Waals surface area (Å²) in [6, 6.07) is 10.3. The number of aliphatic hydroxyl groups excluding tert-OH is 1. The minimum Gasteiger partial charge on any atom is -0.508 e. The van der Waals surface area contributed by atoms with Gasteiger partial charge in [-0.15, -0.1) is 0 Å². The lowest BCUT2D eigenvalue weighted by molar-refractivity contribution is 0.275. The number of rotatable bonds is 6. The number of phenolic OH excluding ortho intramolecular Hbond substituents is 2. The normalized spacial score (nSPS) is 13.0. The number of benzene rings is 2. The van der Waals surface area contributed by atoms with Crippen molar-refractivity contribution < 1.29 is 29.7 Å². The van der Waals surface area contributed by atoms with E-state index in [0.29, 0.717) is 12.0 Å². The molecule has 6 nitrogen and oxygen atoms in total. The maximum absolute atomic E-state index is 11.6. The van der Waals surface area contributed by atoms with E-state index in [4.69, 9.17) is 0 Å². The number of phenols is 2. The molecule has 0 aromatic heterocycles. The van der Waals surface area contributed by atoms with E-state index < -0.39 is 7.60 Å². The van der Waals surface area contributed by atoms with Crippen LogP contribution in [-0.4, -0.2) is 31.7 Å². The molecule has 0 spiro atoms. The first-order valence-corrected chi connectivity index (χ1v) is 8.70. The van der Waals surface area contributed by atoms with Crippen molar-refractivity contribution in [2.24, 2.45) is 0 Å². The van der Waals surface area contributed by atoms with Crippen LogP contribution in [-0.2, 0) is 11.0 Å². The Balaban J connectivity index is 2.41. The van der Waals surface area contributed by atoms with E-state index in [-0.39, 0.29) is 35.7 Å². The molecule has 1 unspecified atom stereocenters. The zero-order valence-corrected chi connectivity index (χ0v) is 13.2. The lowest BCUT2D eigenvalue weighted by Gasteiger charge is -2.19. The quantitative estimate of drug-likeness (QED) is 0.511. The Morgan fingerprint density at radius 1 is 1.00 bits per heavy atom. The molecule has 0 fully saturated rings. The van der Waals surface area contributed by atoms with E-state index in [2.05, 4.69) is 0 Å². The first-order chi connectivity index (χ1) is 10.8. The molecule has 2 rings (SSSR count). The molecule has 0 saturated heterocycles. The molecule has 0 saturated carbocycles. The summed E-state index contributed by atoms with van der Waals surface area (Å²) in [5.41, 5.74) is 1.07. The number of aliphatic hydroxyl groups is 1. The minimum atomic E-state index is -4.47. The number of hydrogen-bond acceptors (Lipinski definition) is 4. The Morgan fingerprint density at radius 3 is 2.30 bits per heavy atom. The molecule has 0 bridgehead atoms. The molecular formula is C16H19O6P. The van der Waals surface area contributed by atoms with E-state index >= 15 is 0 Å². The van der Waals surface area contributed by atoms with Gasteiger partial charge in [-0.3, -0.25) is 4.57 Å². The third-order valence-electron chi connectivity index (χ3n) is 3.66. The van der Waals surface area contributed by atoms with Gasteiger partial charge < -0.3 is 25.1 Å². The van der Waals surface area contributed by atoms with Crippen LogP contribution in [0, 0.1) is 0 Å². The lowest BCUT2D eigenvalue weighted by Crippen LogP contribution is -2.15. The molecule has 1 atom stereocenters. The highest BCUT2D eigenvalue weighted by Crippen LogP contribution is 2.37. The fraction of sp³-hybridized carbons (Fsp3) is 0.250. The second-order valence-electron chi connectivity index (χ2n) is 5.37. The molecule has 0 heterocycles. The average Bonchev–Trinajstić information content (AvgIpc) is 2.45. The van der Waals surface area contributed by atoms with Crippen LogP contribution in [0.2, 0.25) is 0 Å². The molecule has 124 valence electrons. The Kier molecular flexibility index (Phi) is 5.44. The van der Waals surface area contributed by atoms with Gasteiger partial charge in [-0.05, 0) is 60.2 Å². The van der Waals surface area contributed by atoms with Gasteiger partial charge in [0.1, 0.15) is 11.5 Å². The van der Waals surface area contributed by atoms with Gasteiger partial charge >= 0.3 is 7.60 Å². The van der Waals surface area contributed by atoms with Gasteiger partial charge in [0.15, 0.2) is 0 Å². The third-order valence-corrected chi connectivity index (χ3v) is 4.73. The van der Waals surface area contributed by atoms with Crippen LogP contribution < -0.4 is 5.30 Å². The van der Waals surface area contributed by atoms with E-state index in [1.165, 1.54) is 24.3 Å². The Hall–Kier alpha value is -1.85. The van der Waals surface area contributed by atoms with E-state index in [1.807, 2.05) is 0 Å². The fourth-order valence-corrected chi connectivity index (χ4v) is 3.40. The van der Waals surface area contributed by atoms with Crippen LogP contribution in [0.25, 0.3) is 0 Å². The lowest BCUT2D eigenvalue weighted by atomic mass is 9.89. The van der Waals surface area contributed by atoms with Gasteiger partial charge in [0.2, 0.25) is 0 Å². The van der Waals surface area contributed by atoms with Gasteiger partial charge in [0.05, 0.1) is 5.30 Å². The van der Waals surface area contributed by atoms with Crippen molar-refractivity contribution in [1.82, 2.24) is 0 Å². The summed E-state index contributed by atoms with van der Waals surface area (Å²) in [6.07, 6.45) is 0.582. The summed E-state index contributed by atoms with van der Waals surface area (Å²) in [4.78, 5) is 18.9. The second kappa shape index (κ2) is 7.15. The smallest absolute Gasteiger partial charge is 0.356 e. The summed E-state index contributed by atoms with van der Waals surface area (Å²) in [5.74, 6) is -0.258. The van der Waals surface area contributed by atoms with Crippen LogP contribution in [0.1, 0.15) is 23.5 Å². The molecule has 23 heavy (non-hydrogen) atoms. The van der Waals surface area contributed by atoms with Crippen molar-refractivity contribution in [3.8, 4) is 11.5 Å². The van der Waals surface area contributed by atoms with Crippen molar-refractivity contribution in [2.75, 3.05) is 6.61 Å². The SMILES string of the molecule is O=P(O)(O)c1ccc(O)cc1CC(CCO)c1cccc(O)c1. The van der Waals surface area contributed by atoms with Gasteiger partial charge in [-0.25, -0.2) is 0 Å². The van der Waals surface area contributed by atoms with Crippen LogP contribution in [0.15, 0.2) is 42.5 Å². The molecule has 0 amide bonds. The van der Waals surface area contributed by atoms with Crippen LogP contribution >= 0.6 is 7.60 Å². The van der Waals surface area contributed by atoms with Crippen LogP contribution in [0.5, 0.6) is 11.5 Å². The molecule has 2 aromatic rings.